The van der Waals surface area contributed by atoms with Crippen LogP contribution in [0.3, 0.4) is 0 Å². The molecule has 0 saturated carbocycles. The van der Waals surface area contributed by atoms with Gasteiger partial charge in [0.15, 0.2) is 0 Å². The zero-order chi connectivity index (χ0) is 22.1. The van der Waals surface area contributed by atoms with Crippen LogP contribution >= 0.6 is 23.2 Å². The molecule has 0 N–H and O–H groups in total. The minimum atomic E-state index is -0.277. The van der Waals surface area contributed by atoms with E-state index < -0.39 is 0 Å². The molecule has 31 heavy (non-hydrogen) atoms. The molecule has 3 aromatic rings. The number of carbonyl (C=O) groups excluding carboxylic acids is 2. The molecule has 1 heterocycles. The number of fused-ring (bicyclic) bond motifs is 1. The van der Waals surface area contributed by atoms with Gasteiger partial charge in [-0.05, 0) is 66.4 Å². The quantitative estimate of drug-likeness (QED) is 0.417. The molecule has 4 nitrogen and oxygen atoms in total. The van der Waals surface area contributed by atoms with Crippen molar-refractivity contribution in [1.29, 1.82) is 0 Å². The maximum atomic E-state index is 12.6. The molecule has 1 aliphatic rings. The first-order chi connectivity index (χ1) is 14.9. The van der Waals surface area contributed by atoms with Crippen LogP contribution in [-0.2, 0) is 6.42 Å². The summed E-state index contributed by atoms with van der Waals surface area (Å²) in [6, 6.07) is 16.7. The van der Waals surface area contributed by atoms with Crippen molar-refractivity contribution in [3.63, 3.8) is 0 Å². The molecule has 3 aromatic carbocycles. The lowest BCUT2D eigenvalue weighted by molar-refractivity contribution is 0.0631. The van der Waals surface area contributed by atoms with E-state index in [0.29, 0.717) is 26.9 Å². The second-order valence-corrected chi connectivity index (χ2v) is 8.28. The molecule has 0 aromatic heterocycles. The second kappa shape index (κ2) is 8.74. The minimum absolute atomic E-state index is 0.183. The van der Waals surface area contributed by atoms with Crippen LogP contribution in [0.1, 0.15) is 38.8 Å². The standard InChI is InChI=1S/C25H21Cl2NO3/c1-3-16-13-22(26)23(27)14-20(16)17-5-4-6-18(12-17)31-10-9-28-24(29)19-8-7-15(2)11-21(19)25(28)30/h4-8,11-14H,3,9-10H2,1-2H3. The van der Waals surface area contributed by atoms with Gasteiger partial charge in [0.05, 0.1) is 27.7 Å². The van der Waals surface area contributed by atoms with E-state index in [-0.39, 0.29) is 25.0 Å². The van der Waals surface area contributed by atoms with Crippen LogP contribution in [0.4, 0.5) is 0 Å². The first kappa shape index (κ1) is 21.4. The number of imide groups is 1. The first-order valence-corrected chi connectivity index (χ1v) is 10.8. The third-order valence-corrected chi connectivity index (χ3v) is 6.10. The Kier molecular flexibility index (Phi) is 6.03. The van der Waals surface area contributed by atoms with Crippen molar-refractivity contribution in [3.8, 4) is 16.9 Å². The van der Waals surface area contributed by atoms with E-state index >= 15 is 0 Å². The summed E-state index contributed by atoms with van der Waals surface area (Å²) >= 11 is 12.4. The van der Waals surface area contributed by atoms with Crippen molar-refractivity contribution in [2.45, 2.75) is 20.3 Å². The number of aryl methyl sites for hydroxylation is 2. The highest BCUT2D eigenvalue weighted by Gasteiger charge is 2.35. The Morgan fingerprint density at radius 3 is 2.39 bits per heavy atom. The van der Waals surface area contributed by atoms with Gasteiger partial charge in [-0.2, -0.15) is 0 Å². The van der Waals surface area contributed by atoms with Crippen molar-refractivity contribution >= 4 is 35.0 Å². The molecule has 2 amide bonds. The molecule has 158 valence electrons. The van der Waals surface area contributed by atoms with Crippen molar-refractivity contribution < 1.29 is 14.3 Å². The molecule has 1 aliphatic heterocycles. The molecule has 0 saturated heterocycles. The molecule has 4 rings (SSSR count). The number of hydrogen-bond donors (Lipinski definition) is 0. The summed E-state index contributed by atoms with van der Waals surface area (Å²) in [4.78, 5) is 26.4. The maximum Gasteiger partial charge on any atom is 0.261 e. The van der Waals surface area contributed by atoms with E-state index in [1.807, 2.05) is 49.4 Å². The number of hydrogen-bond acceptors (Lipinski definition) is 3. The van der Waals surface area contributed by atoms with Gasteiger partial charge in [-0.25, -0.2) is 0 Å². The fourth-order valence-electron chi connectivity index (χ4n) is 3.77. The van der Waals surface area contributed by atoms with Crippen molar-refractivity contribution in [2.75, 3.05) is 13.2 Å². The molecular formula is C25H21Cl2NO3. The maximum absolute atomic E-state index is 12.6. The largest absolute Gasteiger partial charge is 0.492 e. The second-order valence-electron chi connectivity index (χ2n) is 7.46. The summed E-state index contributed by atoms with van der Waals surface area (Å²) in [7, 11) is 0. The van der Waals surface area contributed by atoms with Crippen LogP contribution in [0.15, 0.2) is 54.6 Å². The number of rotatable bonds is 6. The number of halogens is 2. The van der Waals surface area contributed by atoms with Gasteiger partial charge in [0.2, 0.25) is 0 Å². The van der Waals surface area contributed by atoms with Crippen LogP contribution in [0.2, 0.25) is 10.0 Å². The third-order valence-electron chi connectivity index (χ3n) is 5.38. The lowest BCUT2D eigenvalue weighted by atomic mass is 9.98. The summed E-state index contributed by atoms with van der Waals surface area (Å²) in [5, 5.41) is 1.03. The van der Waals surface area contributed by atoms with Crippen LogP contribution in [0.25, 0.3) is 11.1 Å². The fourth-order valence-corrected chi connectivity index (χ4v) is 4.12. The van der Waals surface area contributed by atoms with E-state index in [1.165, 1.54) is 4.90 Å². The van der Waals surface area contributed by atoms with Gasteiger partial charge in [0, 0.05) is 0 Å². The van der Waals surface area contributed by atoms with E-state index in [1.54, 1.807) is 12.1 Å². The van der Waals surface area contributed by atoms with Gasteiger partial charge in [-0.15, -0.1) is 0 Å². The Balaban J connectivity index is 1.47. The van der Waals surface area contributed by atoms with Crippen molar-refractivity contribution in [1.82, 2.24) is 4.90 Å². The molecule has 0 fully saturated rings. The summed E-state index contributed by atoms with van der Waals surface area (Å²) in [5.74, 6) is 0.100. The van der Waals surface area contributed by atoms with Crippen molar-refractivity contribution in [3.05, 3.63) is 86.9 Å². The van der Waals surface area contributed by atoms with E-state index in [4.69, 9.17) is 27.9 Å². The summed E-state index contributed by atoms with van der Waals surface area (Å²) < 4.78 is 5.87. The lowest BCUT2D eigenvalue weighted by Gasteiger charge is -2.15. The van der Waals surface area contributed by atoms with Gasteiger partial charge < -0.3 is 4.74 Å². The highest BCUT2D eigenvalue weighted by atomic mass is 35.5. The Morgan fingerprint density at radius 2 is 1.61 bits per heavy atom. The molecule has 0 unspecified atom stereocenters. The zero-order valence-electron chi connectivity index (χ0n) is 17.2. The fraction of sp³-hybridized carbons (Fsp3) is 0.200. The zero-order valence-corrected chi connectivity index (χ0v) is 18.8. The van der Waals surface area contributed by atoms with Gasteiger partial charge >= 0.3 is 0 Å². The third kappa shape index (κ3) is 4.18. The number of carbonyl (C=O) groups is 2. The molecule has 0 atom stereocenters. The molecule has 0 spiro atoms. The molecule has 0 bridgehead atoms. The molecule has 0 aliphatic carbocycles. The highest BCUT2D eigenvalue weighted by molar-refractivity contribution is 6.42. The van der Waals surface area contributed by atoms with Crippen LogP contribution < -0.4 is 4.74 Å². The van der Waals surface area contributed by atoms with Crippen LogP contribution in [0, 0.1) is 6.92 Å². The summed E-state index contributed by atoms with van der Waals surface area (Å²) in [6.45, 7) is 4.35. The van der Waals surface area contributed by atoms with Crippen LogP contribution in [0.5, 0.6) is 5.75 Å². The summed E-state index contributed by atoms with van der Waals surface area (Å²) in [6.07, 6.45) is 0.816. The number of benzene rings is 3. The predicted molar refractivity (Wildman–Crippen MR) is 123 cm³/mol. The van der Waals surface area contributed by atoms with Gasteiger partial charge in [0.1, 0.15) is 12.4 Å². The Hall–Kier alpha value is -2.82. The normalized spacial score (nSPS) is 13.0. The van der Waals surface area contributed by atoms with Crippen LogP contribution in [-0.4, -0.2) is 29.9 Å². The number of amides is 2. The van der Waals surface area contributed by atoms with E-state index in [0.717, 1.165) is 28.7 Å². The molecule has 0 radical (unpaired) electrons. The van der Waals surface area contributed by atoms with E-state index in [2.05, 4.69) is 6.92 Å². The monoisotopic (exact) mass is 453 g/mol. The topological polar surface area (TPSA) is 46.6 Å². The SMILES string of the molecule is CCc1cc(Cl)c(Cl)cc1-c1cccc(OCCN2C(=O)c3ccc(C)cc3C2=O)c1. The molecule has 6 heteroatoms. The average Bonchev–Trinajstić information content (AvgIpc) is 2.99. The number of ether oxygens (including phenoxy) is 1. The van der Waals surface area contributed by atoms with Crippen molar-refractivity contribution in [2.24, 2.45) is 0 Å². The predicted octanol–water partition coefficient (Wildman–Crippen LogP) is 6.21. The number of nitrogens with zero attached hydrogens (tertiary/aromatic N) is 1. The Bertz CT molecular complexity index is 1190. The first-order valence-electron chi connectivity index (χ1n) is 10.1. The smallest absolute Gasteiger partial charge is 0.261 e. The minimum Gasteiger partial charge on any atom is -0.492 e. The van der Waals surface area contributed by atoms with E-state index in [9.17, 15) is 9.59 Å². The lowest BCUT2D eigenvalue weighted by Crippen LogP contribution is -2.33. The van der Waals surface area contributed by atoms with Gasteiger partial charge in [0.25, 0.3) is 11.8 Å². The Morgan fingerprint density at radius 1 is 0.871 bits per heavy atom. The van der Waals surface area contributed by atoms with Gasteiger partial charge in [-0.3, -0.25) is 14.5 Å². The summed E-state index contributed by atoms with van der Waals surface area (Å²) in [5.41, 5.74) is 4.90. The van der Waals surface area contributed by atoms with Gasteiger partial charge in [-0.1, -0.05) is 53.9 Å². The molecular weight excluding hydrogens is 433 g/mol. The average molecular weight is 454 g/mol. The highest BCUT2D eigenvalue weighted by Crippen LogP contribution is 2.34. The Labute approximate surface area is 191 Å².